The van der Waals surface area contributed by atoms with Crippen molar-refractivity contribution >= 4 is 23.1 Å². The van der Waals surface area contributed by atoms with Gasteiger partial charge in [0, 0.05) is 74.9 Å². The third-order valence-corrected chi connectivity index (χ3v) is 7.21. The van der Waals surface area contributed by atoms with Crippen molar-refractivity contribution in [1.29, 1.82) is 0 Å². The lowest BCUT2D eigenvalue weighted by Crippen LogP contribution is -2.33. The van der Waals surface area contributed by atoms with E-state index in [2.05, 4.69) is 34.7 Å². The first-order valence-corrected chi connectivity index (χ1v) is 12.1. The van der Waals surface area contributed by atoms with Gasteiger partial charge in [-0.2, -0.15) is 0 Å². The number of ether oxygens (including phenoxy) is 2. The first kappa shape index (κ1) is 24.1. The van der Waals surface area contributed by atoms with Crippen LogP contribution in [0.4, 0.5) is 5.69 Å². The van der Waals surface area contributed by atoms with Crippen molar-refractivity contribution in [2.45, 2.75) is 38.6 Å². The molecular formula is C26H34ClN3O3. The van der Waals surface area contributed by atoms with E-state index in [-0.39, 0.29) is 23.2 Å². The van der Waals surface area contributed by atoms with E-state index in [1.165, 1.54) is 0 Å². The summed E-state index contributed by atoms with van der Waals surface area (Å²) in [6.45, 7) is 6.21. The van der Waals surface area contributed by atoms with Gasteiger partial charge in [0.2, 0.25) is 0 Å². The van der Waals surface area contributed by atoms with E-state index in [1.807, 2.05) is 18.2 Å². The first-order valence-electron chi connectivity index (χ1n) is 11.8. The molecule has 0 amide bonds. The molecule has 0 saturated carbocycles. The highest BCUT2D eigenvalue weighted by Gasteiger charge is 2.29. The molecule has 2 aliphatic rings. The van der Waals surface area contributed by atoms with Gasteiger partial charge in [0.1, 0.15) is 5.78 Å². The monoisotopic (exact) mass is 471 g/mol. The molecule has 2 aromatic rings. The zero-order chi connectivity index (χ0) is 23.3. The molecule has 178 valence electrons. The van der Waals surface area contributed by atoms with Crippen LogP contribution in [0.3, 0.4) is 0 Å². The lowest BCUT2D eigenvalue weighted by atomic mass is 9.82. The zero-order valence-electron chi connectivity index (χ0n) is 19.5. The van der Waals surface area contributed by atoms with Crippen molar-refractivity contribution in [3.63, 3.8) is 0 Å². The molecule has 6 nitrogen and oxygen atoms in total. The topological polar surface area (TPSA) is 72.5 Å². The Balaban J connectivity index is 1.43. The van der Waals surface area contributed by atoms with E-state index in [0.29, 0.717) is 24.6 Å². The van der Waals surface area contributed by atoms with Crippen LogP contribution in [0.2, 0.25) is 5.02 Å². The van der Waals surface area contributed by atoms with Crippen molar-refractivity contribution in [2.24, 2.45) is 11.3 Å². The fourth-order valence-electron chi connectivity index (χ4n) is 4.67. The molecule has 33 heavy (non-hydrogen) atoms. The summed E-state index contributed by atoms with van der Waals surface area (Å²) in [6.07, 6.45) is 4.91. The number of ketones is 1. The molecule has 0 bridgehead atoms. The van der Waals surface area contributed by atoms with Gasteiger partial charge in [-0.3, -0.25) is 9.78 Å². The molecule has 2 atom stereocenters. The number of halogens is 1. The predicted molar refractivity (Wildman–Crippen MR) is 132 cm³/mol. The highest BCUT2D eigenvalue weighted by Crippen LogP contribution is 2.32. The third kappa shape index (κ3) is 6.33. The molecule has 0 spiro atoms. The number of carbonyl (C=O) groups excluding carboxylic acids is 1. The van der Waals surface area contributed by atoms with Gasteiger partial charge >= 0.3 is 0 Å². The fourth-order valence-corrected chi connectivity index (χ4v) is 4.88. The van der Waals surface area contributed by atoms with Gasteiger partial charge in [0.05, 0.1) is 11.6 Å². The number of anilines is 1. The number of Topliss-reactive ketones (excluding diaryl/α,β-unsaturated/α-hetero) is 1. The summed E-state index contributed by atoms with van der Waals surface area (Å²) in [4.78, 5) is 17.3. The zero-order valence-corrected chi connectivity index (χ0v) is 20.3. The SMILES string of the molecule is COC[C@H]1C[C@@H](C(=O)Cc2cc(-c3cccc(NCC4(C)CCOCC4)c3)c(Cl)cn2)CN1. The first-order chi connectivity index (χ1) is 16.0. The van der Waals surface area contributed by atoms with Gasteiger partial charge in [-0.1, -0.05) is 30.7 Å². The van der Waals surface area contributed by atoms with Crippen molar-refractivity contribution < 1.29 is 14.3 Å². The summed E-state index contributed by atoms with van der Waals surface area (Å²) in [5.74, 6) is 0.215. The summed E-state index contributed by atoms with van der Waals surface area (Å²) in [7, 11) is 1.69. The second-order valence-electron chi connectivity index (χ2n) is 9.65. The summed E-state index contributed by atoms with van der Waals surface area (Å²) in [5.41, 5.74) is 3.97. The van der Waals surface area contributed by atoms with E-state index in [9.17, 15) is 4.79 Å². The summed E-state index contributed by atoms with van der Waals surface area (Å²) in [5, 5.41) is 7.55. The summed E-state index contributed by atoms with van der Waals surface area (Å²) < 4.78 is 10.7. The quantitative estimate of drug-likeness (QED) is 0.566. The minimum absolute atomic E-state index is 0.00478. The van der Waals surface area contributed by atoms with Gasteiger partial charge in [-0.25, -0.2) is 0 Å². The minimum Gasteiger partial charge on any atom is -0.384 e. The standard InChI is InChI=1S/C26H34ClN3O3/c1-26(6-8-33-9-7-26)17-30-20-5-3-4-18(10-20)23-12-21(29-15-24(23)27)13-25(31)19-11-22(16-32-2)28-14-19/h3-5,10,12,15,19,22,28,30H,6-9,11,13-14,16-17H2,1-2H3/t19-,22-/m1/s1. The summed E-state index contributed by atoms with van der Waals surface area (Å²) in [6, 6.07) is 10.5. The molecular weight excluding hydrogens is 438 g/mol. The maximum absolute atomic E-state index is 12.8. The number of methoxy groups -OCH3 is 1. The van der Waals surface area contributed by atoms with Crippen LogP contribution < -0.4 is 10.6 Å². The van der Waals surface area contributed by atoms with Gasteiger partial charge in [-0.15, -0.1) is 0 Å². The second-order valence-corrected chi connectivity index (χ2v) is 10.1. The van der Waals surface area contributed by atoms with Crippen LogP contribution >= 0.6 is 11.6 Å². The molecule has 0 aliphatic carbocycles. The molecule has 0 unspecified atom stereocenters. The predicted octanol–water partition coefficient (Wildman–Crippen LogP) is 4.37. The normalized spacial score (nSPS) is 22.3. The molecule has 2 aliphatic heterocycles. The molecule has 1 aromatic carbocycles. The Morgan fingerprint density at radius 2 is 2.15 bits per heavy atom. The van der Waals surface area contributed by atoms with Crippen molar-refractivity contribution in [2.75, 3.05) is 45.3 Å². The van der Waals surface area contributed by atoms with Crippen LogP contribution in [0.1, 0.15) is 31.9 Å². The van der Waals surface area contributed by atoms with Crippen molar-refractivity contribution in [3.8, 4) is 11.1 Å². The number of benzene rings is 1. The molecule has 2 fully saturated rings. The Morgan fingerprint density at radius 3 is 2.94 bits per heavy atom. The number of nitrogens with zero attached hydrogens (tertiary/aromatic N) is 1. The van der Waals surface area contributed by atoms with Crippen LogP contribution in [0.15, 0.2) is 36.5 Å². The largest absolute Gasteiger partial charge is 0.384 e. The molecule has 2 N–H and O–H groups in total. The molecule has 4 rings (SSSR count). The van der Waals surface area contributed by atoms with Gasteiger partial charge in [-0.05, 0) is 48.4 Å². The van der Waals surface area contributed by atoms with Crippen molar-refractivity contribution in [3.05, 3.63) is 47.2 Å². The summed E-state index contributed by atoms with van der Waals surface area (Å²) >= 11 is 6.52. The average molecular weight is 472 g/mol. The van der Waals surface area contributed by atoms with Crippen LogP contribution in [0.5, 0.6) is 0 Å². The second kappa shape index (κ2) is 11.0. The number of hydrogen-bond acceptors (Lipinski definition) is 6. The Hall–Kier alpha value is -1.99. The third-order valence-electron chi connectivity index (χ3n) is 6.91. The number of rotatable bonds is 9. The van der Waals surface area contributed by atoms with Crippen LogP contribution in [-0.2, 0) is 20.7 Å². The Morgan fingerprint density at radius 1 is 1.33 bits per heavy atom. The minimum atomic E-state index is 0.00478. The maximum Gasteiger partial charge on any atom is 0.143 e. The van der Waals surface area contributed by atoms with Gasteiger partial charge in [0.25, 0.3) is 0 Å². The number of aromatic nitrogens is 1. The average Bonchev–Trinajstić information content (AvgIpc) is 3.29. The van der Waals surface area contributed by atoms with Crippen LogP contribution in [-0.4, -0.2) is 56.8 Å². The van der Waals surface area contributed by atoms with Crippen LogP contribution in [0.25, 0.3) is 11.1 Å². The Bertz CT molecular complexity index is 962. The van der Waals surface area contributed by atoms with Crippen LogP contribution in [0, 0.1) is 11.3 Å². The number of pyridine rings is 1. The number of hydrogen-bond donors (Lipinski definition) is 2. The Kier molecular flexibility index (Phi) is 8.02. The van der Waals surface area contributed by atoms with E-state index in [1.54, 1.807) is 13.3 Å². The van der Waals surface area contributed by atoms with E-state index < -0.39 is 0 Å². The van der Waals surface area contributed by atoms with E-state index >= 15 is 0 Å². The highest BCUT2D eigenvalue weighted by atomic mass is 35.5. The maximum atomic E-state index is 12.8. The number of nitrogens with one attached hydrogen (secondary N) is 2. The lowest BCUT2D eigenvalue weighted by Gasteiger charge is -2.34. The Labute approximate surface area is 201 Å². The molecule has 3 heterocycles. The van der Waals surface area contributed by atoms with Crippen molar-refractivity contribution in [1.82, 2.24) is 10.3 Å². The molecule has 0 radical (unpaired) electrons. The number of carbonyl (C=O) groups is 1. The van der Waals surface area contributed by atoms with Gasteiger partial charge < -0.3 is 20.1 Å². The van der Waals surface area contributed by atoms with E-state index in [4.69, 9.17) is 21.1 Å². The molecule has 7 heteroatoms. The molecule has 2 saturated heterocycles. The fraction of sp³-hybridized carbons (Fsp3) is 0.538. The lowest BCUT2D eigenvalue weighted by molar-refractivity contribution is -0.121. The highest BCUT2D eigenvalue weighted by molar-refractivity contribution is 6.33. The van der Waals surface area contributed by atoms with E-state index in [0.717, 1.165) is 61.5 Å². The molecule has 1 aromatic heterocycles. The van der Waals surface area contributed by atoms with Gasteiger partial charge in [0.15, 0.2) is 0 Å². The smallest absolute Gasteiger partial charge is 0.143 e.